The number of hydrogen-bond donors (Lipinski definition) is 4. The lowest BCUT2D eigenvalue weighted by atomic mass is 9.85. The summed E-state index contributed by atoms with van der Waals surface area (Å²) in [6, 6.07) is 7.99. The minimum atomic E-state index is -1.03. The van der Waals surface area contributed by atoms with Gasteiger partial charge in [-0.25, -0.2) is 4.79 Å². The second kappa shape index (κ2) is 12.6. The topological polar surface area (TPSA) is 131 Å². The fraction of sp³-hybridized carbons (Fsp3) is 0.640. The van der Waals surface area contributed by atoms with Crippen LogP contribution in [0.15, 0.2) is 30.3 Å². The average Bonchev–Trinajstić information content (AvgIpc) is 2.67. The maximum absolute atomic E-state index is 13.0. The van der Waals surface area contributed by atoms with E-state index in [0.29, 0.717) is 6.42 Å². The summed E-state index contributed by atoms with van der Waals surface area (Å²) in [4.78, 5) is 37.2. The first kappa shape index (κ1) is 28.4. The molecule has 1 rings (SSSR count). The molecule has 0 bridgehead atoms. The quantitative estimate of drug-likeness (QED) is 0.401. The van der Waals surface area contributed by atoms with Crippen LogP contribution in [-0.4, -0.2) is 46.8 Å². The first-order valence-corrected chi connectivity index (χ1v) is 11.5. The standard InChI is InChI=1S/C25H41N3O5/c1-15(2)18(23(31)28-21(16(3)4)22(26)30)14-20(29)19(13-17-11-9-8-10-12-17)27-24(32)33-25(5,6)7/h8-12,15-16,18-21,29H,13-14H2,1-7H3,(H2,26,30)(H,27,32)(H,28,31)/t18-,19-,20-,21-/m0/s1. The van der Waals surface area contributed by atoms with Gasteiger partial charge in [-0.15, -0.1) is 0 Å². The molecule has 5 N–H and O–H groups in total. The summed E-state index contributed by atoms with van der Waals surface area (Å²) in [6.45, 7) is 12.6. The molecule has 8 heteroatoms. The molecule has 4 atom stereocenters. The number of ether oxygens (including phenoxy) is 1. The Morgan fingerprint density at radius 2 is 1.58 bits per heavy atom. The van der Waals surface area contributed by atoms with Crippen LogP contribution in [0.2, 0.25) is 0 Å². The summed E-state index contributed by atoms with van der Waals surface area (Å²) >= 11 is 0. The molecule has 0 aliphatic rings. The summed E-state index contributed by atoms with van der Waals surface area (Å²) in [5.41, 5.74) is 5.68. The Morgan fingerprint density at radius 1 is 1.00 bits per heavy atom. The lowest BCUT2D eigenvalue weighted by molar-refractivity contribution is -0.132. The van der Waals surface area contributed by atoms with E-state index in [1.54, 1.807) is 34.6 Å². The molecule has 0 radical (unpaired) electrons. The van der Waals surface area contributed by atoms with Crippen LogP contribution in [0.3, 0.4) is 0 Å². The number of primary amides is 1. The second-order valence-corrected chi connectivity index (χ2v) is 10.2. The molecule has 3 amide bonds. The van der Waals surface area contributed by atoms with Gasteiger partial charge in [-0.05, 0) is 51.0 Å². The first-order valence-electron chi connectivity index (χ1n) is 11.5. The van der Waals surface area contributed by atoms with Gasteiger partial charge in [-0.1, -0.05) is 58.0 Å². The fourth-order valence-electron chi connectivity index (χ4n) is 3.54. The normalized spacial score (nSPS) is 15.5. The molecule has 0 aliphatic heterocycles. The number of hydrogen-bond acceptors (Lipinski definition) is 5. The summed E-state index contributed by atoms with van der Waals surface area (Å²) in [5.74, 6) is -1.81. The average molecular weight is 464 g/mol. The van der Waals surface area contributed by atoms with E-state index in [9.17, 15) is 19.5 Å². The molecule has 1 aromatic carbocycles. The fourth-order valence-corrected chi connectivity index (χ4v) is 3.54. The third-order valence-electron chi connectivity index (χ3n) is 5.37. The van der Waals surface area contributed by atoms with Crippen LogP contribution in [0.25, 0.3) is 0 Å². The molecule has 8 nitrogen and oxygen atoms in total. The Labute approximate surface area is 197 Å². The van der Waals surface area contributed by atoms with Gasteiger partial charge in [0.2, 0.25) is 11.8 Å². The van der Waals surface area contributed by atoms with Crippen molar-refractivity contribution in [3.05, 3.63) is 35.9 Å². The van der Waals surface area contributed by atoms with E-state index in [-0.39, 0.29) is 24.2 Å². The van der Waals surface area contributed by atoms with Crippen LogP contribution < -0.4 is 16.4 Å². The van der Waals surface area contributed by atoms with Gasteiger partial charge in [0, 0.05) is 5.92 Å². The summed E-state index contributed by atoms with van der Waals surface area (Å²) in [5, 5.41) is 16.6. The molecule has 0 aromatic heterocycles. The summed E-state index contributed by atoms with van der Waals surface area (Å²) in [6.07, 6.45) is -1.20. The molecule has 0 saturated carbocycles. The lowest BCUT2D eigenvalue weighted by Gasteiger charge is -2.31. The first-order chi connectivity index (χ1) is 15.2. The third kappa shape index (κ3) is 10.2. The van der Waals surface area contributed by atoms with Gasteiger partial charge in [-0.3, -0.25) is 9.59 Å². The van der Waals surface area contributed by atoms with Gasteiger partial charge in [0.05, 0.1) is 12.1 Å². The predicted molar refractivity (Wildman–Crippen MR) is 128 cm³/mol. The summed E-state index contributed by atoms with van der Waals surface area (Å²) < 4.78 is 5.37. The van der Waals surface area contributed by atoms with Gasteiger partial charge >= 0.3 is 6.09 Å². The van der Waals surface area contributed by atoms with Crippen LogP contribution in [0.4, 0.5) is 4.79 Å². The molecule has 0 aliphatic carbocycles. The monoisotopic (exact) mass is 463 g/mol. The SMILES string of the molecule is CC(C)[C@H](C[C@H](O)[C@H](Cc1ccccc1)NC(=O)OC(C)(C)C)C(=O)N[C@H](C(N)=O)C(C)C. The molecule has 186 valence electrons. The Kier molecular flexibility index (Phi) is 10.8. The van der Waals surface area contributed by atoms with Gasteiger partial charge < -0.3 is 26.2 Å². The van der Waals surface area contributed by atoms with Crippen molar-refractivity contribution in [2.75, 3.05) is 0 Å². The zero-order valence-corrected chi connectivity index (χ0v) is 20.9. The lowest BCUT2D eigenvalue weighted by Crippen LogP contribution is -2.52. The van der Waals surface area contributed by atoms with Crippen molar-refractivity contribution in [3.63, 3.8) is 0 Å². The van der Waals surface area contributed by atoms with Crippen molar-refractivity contribution in [2.24, 2.45) is 23.5 Å². The van der Waals surface area contributed by atoms with E-state index in [1.807, 2.05) is 44.2 Å². The van der Waals surface area contributed by atoms with Crippen LogP contribution >= 0.6 is 0 Å². The van der Waals surface area contributed by atoms with E-state index in [4.69, 9.17) is 10.5 Å². The van der Waals surface area contributed by atoms with Crippen molar-refractivity contribution in [2.45, 2.75) is 85.1 Å². The molecule has 0 spiro atoms. The van der Waals surface area contributed by atoms with Gasteiger partial charge in [0.1, 0.15) is 11.6 Å². The van der Waals surface area contributed by atoms with Crippen LogP contribution in [0.1, 0.15) is 60.5 Å². The number of nitrogens with one attached hydrogen (secondary N) is 2. The number of aliphatic hydroxyl groups is 1. The number of rotatable bonds is 11. The van der Waals surface area contributed by atoms with E-state index >= 15 is 0 Å². The minimum Gasteiger partial charge on any atom is -0.444 e. The van der Waals surface area contributed by atoms with Gasteiger partial charge in [0.25, 0.3) is 0 Å². The number of carbonyl (C=O) groups excluding carboxylic acids is 3. The van der Waals surface area contributed by atoms with Gasteiger partial charge in [-0.2, -0.15) is 0 Å². The predicted octanol–water partition coefficient (Wildman–Crippen LogP) is 2.77. The Hall–Kier alpha value is -2.61. The van der Waals surface area contributed by atoms with Crippen molar-refractivity contribution in [1.82, 2.24) is 10.6 Å². The molecule has 0 saturated heterocycles. The number of nitrogens with two attached hydrogens (primary N) is 1. The maximum atomic E-state index is 13.0. The van der Waals surface area contributed by atoms with E-state index < -0.39 is 41.7 Å². The molecular weight excluding hydrogens is 422 g/mol. The minimum absolute atomic E-state index is 0.0976. The highest BCUT2D eigenvalue weighted by Crippen LogP contribution is 2.22. The molecule has 0 fully saturated rings. The van der Waals surface area contributed by atoms with Crippen LogP contribution in [-0.2, 0) is 20.7 Å². The van der Waals surface area contributed by atoms with E-state index in [2.05, 4.69) is 10.6 Å². The Morgan fingerprint density at radius 3 is 2.03 bits per heavy atom. The van der Waals surface area contributed by atoms with Crippen LogP contribution in [0.5, 0.6) is 0 Å². The number of amides is 3. The van der Waals surface area contributed by atoms with E-state index in [0.717, 1.165) is 5.56 Å². The second-order valence-electron chi connectivity index (χ2n) is 10.2. The zero-order chi connectivity index (χ0) is 25.3. The van der Waals surface area contributed by atoms with Crippen molar-refractivity contribution in [3.8, 4) is 0 Å². The van der Waals surface area contributed by atoms with E-state index in [1.165, 1.54) is 0 Å². The highest BCUT2D eigenvalue weighted by Gasteiger charge is 2.33. The highest BCUT2D eigenvalue weighted by molar-refractivity contribution is 5.87. The number of aliphatic hydroxyl groups excluding tert-OH is 1. The maximum Gasteiger partial charge on any atom is 0.407 e. The number of benzene rings is 1. The zero-order valence-electron chi connectivity index (χ0n) is 20.9. The third-order valence-corrected chi connectivity index (χ3v) is 5.37. The smallest absolute Gasteiger partial charge is 0.407 e. The number of carbonyl (C=O) groups is 3. The molecule has 33 heavy (non-hydrogen) atoms. The number of alkyl carbamates (subject to hydrolysis) is 1. The Balaban J connectivity index is 3.04. The van der Waals surface area contributed by atoms with Crippen molar-refractivity contribution < 1.29 is 24.2 Å². The molecular formula is C25H41N3O5. The molecule has 0 unspecified atom stereocenters. The largest absolute Gasteiger partial charge is 0.444 e. The molecule has 1 aromatic rings. The van der Waals surface area contributed by atoms with Crippen LogP contribution in [0, 0.1) is 17.8 Å². The van der Waals surface area contributed by atoms with Gasteiger partial charge in [0.15, 0.2) is 0 Å². The summed E-state index contributed by atoms with van der Waals surface area (Å²) in [7, 11) is 0. The van der Waals surface area contributed by atoms with Crippen molar-refractivity contribution in [1.29, 1.82) is 0 Å². The molecule has 0 heterocycles. The van der Waals surface area contributed by atoms with Crippen molar-refractivity contribution >= 4 is 17.9 Å². The highest BCUT2D eigenvalue weighted by atomic mass is 16.6. The Bertz CT molecular complexity index is 774.